The predicted octanol–water partition coefficient (Wildman–Crippen LogP) is 2.64. The van der Waals surface area contributed by atoms with Crippen LogP contribution in [-0.2, 0) is 22.7 Å². The van der Waals surface area contributed by atoms with Crippen LogP contribution in [0.25, 0.3) is 0 Å². The molecule has 7 nitrogen and oxygen atoms in total. The first kappa shape index (κ1) is 26.5. The van der Waals surface area contributed by atoms with E-state index < -0.39 is 0 Å². The highest BCUT2D eigenvalue weighted by molar-refractivity contribution is 8.76. The molecule has 0 bridgehead atoms. The summed E-state index contributed by atoms with van der Waals surface area (Å²) in [6.45, 7) is 8.63. The summed E-state index contributed by atoms with van der Waals surface area (Å²) in [5.41, 5.74) is 0.939. The van der Waals surface area contributed by atoms with E-state index in [-0.39, 0.29) is 13.2 Å². The van der Waals surface area contributed by atoms with Gasteiger partial charge in [-0.1, -0.05) is 21.6 Å². The van der Waals surface area contributed by atoms with E-state index in [1.807, 2.05) is 21.6 Å². The van der Waals surface area contributed by atoms with Crippen molar-refractivity contribution in [3.63, 3.8) is 0 Å². The molecule has 0 atom stereocenters. The molecule has 1 rings (SSSR count). The molecule has 0 aliphatic heterocycles. The van der Waals surface area contributed by atoms with Crippen LogP contribution in [0, 0.1) is 0 Å². The minimum atomic E-state index is -0.192. The van der Waals surface area contributed by atoms with Crippen LogP contribution in [0.5, 0.6) is 5.75 Å². The highest BCUT2D eigenvalue weighted by atomic mass is 33.1. The number of nitrogens with zero attached hydrogens (tertiary/aromatic N) is 1. The number of nitrogens with one attached hydrogen (secondary N) is 1. The maximum Gasteiger partial charge on any atom is 0.123 e. The van der Waals surface area contributed by atoms with E-state index in [1.165, 1.54) is 12.8 Å². The highest BCUT2D eigenvalue weighted by Gasteiger charge is 2.16. The monoisotopic (exact) mass is 448 g/mol. The van der Waals surface area contributed by atoms with Crippen molar-refractivity contribution in [1.29, 1.82) is 0 Å². The number of hydrogen-bond acceptors (Lipinski definition) is 9. The van der Waals surface area contributed by atoms with E-state index in [0.717, 1.165) is 13.1 Å². The molecule has 0 saturated carbocycles. The van der Waals surface area contributed by atoms with Crippen LogP contribution in [0.3, 0.4) is 0 Å². The number of rotatable bonds is 18. The summed E-state index contributed by atoms with van der Waals surface area (Å²) in [7, 11) is 3.77. The van der Waals surface area contributed by atoms with Crippen LogP contribution < -0.4 is 10.1 Å². The Bertz CT molecular complexity index is 527. The van der Waals surface area contributed by atoms with Crippen LogP contribution >= 0.6 is 21.6 Å². The second kappa shape index (κ2) is 16.2. The maximum atomic E-state index is 9.16. The fourth-order valence-corrected chi connectivity index (χ4v) is 4.86. The standard InChI is InChI=1S/C20H36N2O5S2/c1-20(2,29-28-3)5-4-6-21-7-8-25-9-10-26-11-12-27-19-13-17(15-23)22-18(14-19)16-24/h13-14,21,23-24H,4-12,15-16H2,1-3H3. The first-order valence-electron chi connectivity index (χ1n) is 9.93. The maximum absolute atomic E-state index is 9.16. The topological polar surface area (TPSA) is 93.1 Å². The Morgan fingerprint density at radius 1 is 0.966 bits per heavy atom. The largest absolute Gasteiger partial charge is 0.491 e. The Kier molecular flexibility index (Phi) is 14.8. The van der Waals surface area contributed by atoms with Gasteiger partial charge in [-0.25, -0.2) is 0 Å². The lowest BCUT2D eigenvalue weighted by molar-refractivity contribution is 0.0372. The molecule has 3 N–H and O–H groups in total. The Hall–Kier alpha value is -0.550. The zero-order valence-corrected chi connectivity index (χ0v) is 19.4. The van der Waals surface area contributed by atoms with Gasteiger partial charge in [0, 0.05) is 23.4 Å². The van der Waals surface area contributed by atoms with Gasteiger partial charge in [0.2, 0.25) is 0 Å². The summed E-state index contributed by atoms with van der Waals surface area (Å²) in [5, 5.41) is 21.7. The quantitative estimate of drug-likeness (QED) is 0.231. The van der Waals surface area contributed by atoms with E-state index in [0.29, 0.717) is 54.9 Å². The number of aromatic nitrogens is 1. The van der Waals surface area contributed by atoms with Crippen molar-refractivity contribution in [2.75, 3.05) is 52.4 Å². The van der Waals surface area contributed by atoms with Gasteiger partial charge in [0.15, 0.2) is 0 Å². The molecule has 0 spiro atoms. The van der Waals surface area contributed by atoms with Gasteiger partial charge in [0.05, 0.1) is 51.0 Å². The van der Waals surface area contributed by atoms with Gasteiger partial charge in [-0.2, -0.15) is 0 Å². The van der Waals surface area contributed by atoms with Gasteiger partial charge in [0.1, 0.15) is 12.4 Å². The molecular formula is C20H36N2O5S2. The highest BCUT2D eigenvalue weighted by Crippen LogP contribution is 2.36. The first-order valence-corrected chi connectivity index (χ1v) is 12.5. The molecule has 1 aromatic heterocycles. The normalized spacial score (nSPS) is 11.8. The van der Waals surface area contributed by atoms with Crippen molar-refractivity contribution in [2.24, 2.45) is 0 Å². The molecule has 0 saturated heterocycles. The lowest BCUT2D eigenvalue weighted by Gasteiger charge is -2.22. The molecule has 0 unspecified atom stereocenters. The van der Waals surface area contributed by atoms with E-state index in [2.05, 4.69) is 30.4 Å². The fraction of sp³-hybridized carbons (Fsp3) is 0.750. The summed E-state index contributed by atoms with van der Waals surface area (Å²) in [6.07, 6.45) is 4.49. The molecule has 0 amide bonds. The Morgan fingerprint density at radius 2 is 1.59 bits per heavy atom. The molecule has 29 heavy (non-hydrogen) atoms. The summed E-state index contributed by atoms with van der Waals surface area (Å²) in [5.74, 6) is 0.564. The Morgan fingerprint density at radius 3 is 2.21 bits per heavy atom. The van der Waals surface area contributed by atoms with E-state index >= 15 is 0 Å². The van der Waals surface area contributed by atoms with E-state index in [1.54, 1.807) is 12.1 Å². The molecule has 0 aliphatic carbocycles. The molecule has 1 aromatic rings. The third-order valence-electron chi connectivity index (χ3n) is 3.96. The molecule has 0 aromatic carbocycles. The number of aliphatic hydroxyl groups is 2. The van der Waals surface area contributed by atoms with Crippen LogP contribution in [0.2, 0.25) is 0 Å². The summed E-state index contributed by atoms with van der Waals surface area (Å²) >= 11 is 0. The molecule has 0 aliphatic rings. The lowest BCUT2D eigenvalue weighted by atomic mass is 10.1. The number of aliphatic hydroxyl groups excluding tert-OH is 2. The van der Waals surface area contributed by atoms with Crippen molar-refractivity contribution in [3.8, 4) is 5.75 Å². The van der Waals surface area contributed by atoms with Gasteiger partial charge in [-0.3, -0.25) is 4.98 Å². The molecule has 168 valence electrons. The second-order valence-electron chi connectivity index (χ2n) is 7.04. The predicted molar refractivity (Wildman–Crippen MR) is 121 cm³/mol. The van der Waals surface area contributed by atoms with E-state index in [4.69, 9.17) is 24.4 Å². The number of ether oxygens (including phenoxy) is 3. The minimum Gasteiger partial charge on any atom is -0.491 e. The molecule has 9 heteroatoms. The van der Waals surface area contributed by atoms with Crippen molar-refractivity contribution >= 4 is 21.6 Å². The zero-order valence-electron chi connectivity index (χ0n) is 17.8. The number of hydrogen-bond donors (Lipinski definition) is 3. The molecule has 1 heterocycles. The Labute approximate surface area is 182 Å². The van der Waals surface area contributed by atoms with Gasteiger partial charge >= 0.3 is 0 Å². The van der Waals surface area contributed by atoms with Crippen molar-refractivity contribution < 1.29 is 24.4 Å². The van der Waals surface area contributed by atoms with Crippen molar-refractivity contribution in [2.45, 2.75) is 44.6 Å². The van der Waals surface area contributed by atoms with Gasteiger partial charge < -0.3 is 29.7 Å². The fourth-order valence-electron chi connectivity index (χ4n) is 2.58. The summed E-state index contributed by atoms with van der Waals surface area (Å²) < 4.78 is 16.9. The number of pyridine rings is 1. The average molecular weight is 449 g/mol. The van der Waals surface area contributed by atoms with Crippen LogP contribution in [0.15, 0.2) is 12.1 Å². The Balaban J connectivity index is 1.94. The second-order valence-corrected chi connectivity index (χ2v) is 10.1. The van der Waals surface area contributed by atoms with Gasteiger partial charge in [-0.05, 0) is 39.5 Å². The van der Waals surface area contributed by atoms with Crippen molar-refractivity contribution in [3.05, 3.63) is 23.5 Å². The SMILES string of the molecule is CSSC(C)(C)CCCNCCOCCOCCOc1cc(CO)nc(CO)c1. The lowest BCUT2D eigenvalue weighted by Crippen LogP contribution is -2.24. The summed E-state index contributed by atoms with van der Waals surface area (Å²) in [6, 6.07) is 3.30. The van der Waals surface area contributed by atoms with Gasteiger partial charge in [0.25, 0.3) is 0 Å². The minimum absolute atomic E-state index is 0.192. The summed E-state index contributed by atoms with van der Waals surface area (Å²) in [4.78, 5) is 4.06. The zero-order chi connectivity index (χ0) is 21.4. The average Bonchev–Trinajstić information content (AvgIpc) is 2.71. The third kappa shape index (κ3) is 13.4. The van der Waals surface area contributed by atoms with Crippen LogP contribution in [-0.4, -0.2) is 72.3 Å². The van der Waals surface area contributed by atoms with Crippen LogP contribution in [0.1, 0.15) is 38.1 Å². The van der Waals surface area contributed by atoms with Crippen molar-refractivity contribution in [1.82, 2.24) is 10.3 Å². The van der Waals surface area contributed by atoms with Gasteiger partial charge in [-0.15, -0.1) is 0 Å². The smallest absolute Gasteiger partial charge is 0.123 e. The first-order chi connectivity index (χ1) is 14.0. The van der Waals surface area contributed by atoms with E-state index in [9.17, 15) is 0 Å². The third-order valence-corrected chi connectivity index (χ3v) is 6.64. The molecule has 0 radical (unpaired) electrons. The van der Waals surface area contributed by atoms with Crippen LogP contribution in [0.4, 0.5) is 0 Å². The molecule has 0 fully saturated rings. The molecular weight excluding hydrogens is 412 g/mol.